The van der Waals surface area contributed by atoms with E-state index in [1.807, 2.05) is 17.0 Å². The first-order chi connectivity index (χ1) is 13.5. The lowest BCUT2D eigenvalue weighted by Crippen LogP contribution is -2.35. The van der Waals surface area contributed by atoms with Gasteiger partial charge in [-0.05, 0) is 68.0 Å². The van der Waals surface area contributed by atoms with Crippen molar-refractivity contribution in [1.29, 1.82) is 0 Å². The van der Waals surface area contributed by atoms with Gasteiger partial charge in [-0.15, -0.1) is 0 Å². The molecule has 1 saturated heterocycles. The van der Waals surface area contributed by atoms with Gasteiger partial charge in [0.1, 0.15) is 11.4 Å². The number of nitrogens with one attached hydrogen (secondary N) is 1. The summed E-state index contributed by atoms with van der Waals surface area (Å²) in [5, 5.41) is 3.51. The first kappa shape index (κ1) is 19.0. The van der Waals surface area contributed by atoms with E-state index in [0.717, 1.165) is 56.8 Å². The largest absolute Gasteiger partial charge is 0.487 e. The van der Waals surface area contributed by atoms with Gasteiger partial charge in [0.15, 0.2) is 0 Å². The predicted octanol–water partition coefficient (Wildman–Crippen LogP) is 4.32. The van der Waals surface area contributed by atoms with E-state index >= 15 is 0 Å². The van der Waals surface area contributed by atoms with Crippen LogP contribution in [0.3, 0.4) is 0 Å². The zero-order valence-electron chi connectivity index (χ0n) is 17.0. The maximum Gasteiger partial charge on any atom is 0.253 e. The second kappa shape index (κ2) is 7.96. The van der Waals surface area contributed by atoms with Crippen molar-refractivity contribution in [3.8, 4) is 5.75 Å². The average molecular weight is 379 g/mol. The maximum atomic E-state index is 12.5. The third-order valence-corrected chi connectivity index (χ3v) is 5.63. The van der Waals surface area contributed by atoms with Gasteiger partial charge in [-0.1, -0.05) is 24.3 Å². The minimum Gasteiger partial charge on any atom is -0.487 e. The molecule has 2 aromatic rings. The molecule has 2 aliphatic heterocycles. The molecule has 2 aromatic carbocycles. The fraction of sp³-hybridized carbons (Fsp3) is 0.458. The highest BCUT2D eigenvalue weighted by Gasteiger charge is 2.29. The molecule has 1 amide bonds. The van der Waals surface area contributed by atoms with Crippen LogP contribution in [0.4, 0.5) is 0 Å². The Balaban J connectivity index is 1.29. The van der Waals surface area contributed by atoms with Crippen LogP contribution in [-0.4, -0.2) is 29.5 Å². The van der Waals surface area contributed by atoms with Crippen molar-refractivity contribution in [3.63, 3.8) is 0 Å². The Morgan fingerprint density at radius 3 is 2.43 bits per heavy atom. The van der Waals surface area contributed by atoms with Crippen LogP contribution in [0, 0.1) is 0 Å². The third-order valence-electron chi connectivity index (χ3n) is 5.63. The van der Waals surface area contributed by atoms with E-state index in [2.05, 4.69) is 49.5 Å². The lowest BCUT2D eigenvalue weighted by Gasteiger charge is -2.26. The van der Waals surface area contributed by atoms with Gasteiger partial charge in [0.05, 0.1) is 0 Å². The van der Waals surface area contributed by atoms with Gasteiger partial charge in [-0.3, -0.25) is 4.79 Å². The topological polar surface area (TPSA) is 41.6 Å². The number of carbonyl (C=O) groups is 1. The number of likely N-dealkylation sites (tertiary alicyclic amines) is 1. The van der Waals surface area contributed by atoms with Crippen LogP contribution >= 0.6 is 0 Å². The lowest BCUT2D eigenvalue weighted by molar-refractivity contribution is 0.0724. The summed E-state index contributed by atoms with van der Waals surface area (Å²) in [6.07, 6.45) is 4.45. The molecule has 1 N–H and O–H groups in total. The molecule has 28 heavy (non-hydrogen) atoms. The van der Waals surface area contributed by atoms with Gasteiger partial charge >= 0.3 is 0 Å². The average Bonchev–Trinajstić information content (AvgIpc) is 3.02. The maximum absolute atomic E-state index is 12.5. The molecule has 0 saturated carbocycles. The first-order valence-corrected chi connectivity index (χ1v) is 10.4. The second-order valence-electron chi connectivity index (χ2n) is 8.63. The highest BCUT2D eigenvalue weighted by atomic mass is 16.5. The SMILES string of the molecule is CC1(C)Cc2cc(CNCc3ccc(C(=O)N4CCCCC4)cc3)ccc2O1. The molecule has 2 heterocycles. The molecule has 2 aliphatic rings. The molecular weight excluding hydrogens is 348 g/mol. The van der Waals surface area contributed by atoms with Crippen LogP contribution in [0.25, 0.3) is 0 Å². The number of hydrogen-bond donors (Lipinski definition) is 1. The van der Waals surface area contributed by atoms with E-state index in [4.69, 9.17) is 4.74 Å². The Hall–Kier alpha value is -2.33. The molecule has 4 nitrogen and oxygen atoms in total. The van der Waals surface area contributed by atoms with Crippen LogP contribution in [0.5, 0.6) is 5.75 Å². The van der Waals surface area contributed by atoms with Crippen molar-refractivity contribution in [3.05, 3.63) is 64.7 Å². The van der Waals surface area contributed by atoms with Crippen molar-refractivity contribution in [2.24, 2.45) is 0 Å². The van der Waals surface area contributed by atoms with Crippen LogP contribution < -0.4 is 10.1 Å². The highest BCUT2D eigenvalue weighted by Crippen LogP contribution is 2.35. The van der Waals surface area contributed by atoms with Crippen molar-refractivity contribution in [2.75, 3.05) is 13.1 Å². The van der Waals surface area contributed by atoms with E-state index < -0.39 is 0 Å². The highest BCUT2D eigenvalue weighted by molar-refractivity contribution is 5.94. The summed E-state index contributed by atoms with van der Waals surface area (Å²) in [5.41, 5.74) is 4.47. The summed E-state index contributed by atoms with van der Waals surface area (Å²) in [5.74, 6) is 1.19. The minimum absolute atomic E-state index is 0.0955. The Morgan fingerprint density at radius 2 is 1.68 bits per heavy atom. The first-order valence-electron chi connectivity index (χ1n) is 10.4. The molecule has 0 aliphatic carbocycles. The van der Waals surface area contributed by atoms with Crippen molar-refractivity contribution in [2.45, 2.75) is 58.2 Å². The Labute approximate surface area is 167 Å². The Bertz CT molecular complexity index is 836. The standard InChI is InChI=1S/C24H30N2O2/c1-24(2)15-21-14-19(8-11-22(21)28-24)17-25-16-18-6-9-20(10-7-18)23(27)26-12-4-3-5-13-26/h6-11,14,25H,3-5,12-13,15-17H2,1-2H3. The molecule has 0 aromatic heterocycles. The molecule has 0 radical (unpaired) electrons. The molecule has 4 rings (SSSR count). The van der Waals surface area contributed by atoms with E-state index in [1.165, 1.54) is 23.1 Å². The number of rotatable bonds is 5. The van der Waals surface area contributed by atoms with E-state index in [1.54, 1.807) is 0 Å². The molecule has 0 spiro atoms. The summed E-state index contributed by atoms with van der Waals surface area (Å²) in [6.45, 7) is 7.66. The summed E-state index contributed by atoms with van der Waals surface area (Å²) >= 11 is 0. The normalized spacial score (nSPS) is 17.9. The smallest absolute Gasteiger partial charge is 0.253 e. The molecule has 0 unspecified atom stereocenters. The van der Waals surface area contributed by atoms with E-state index in [0.29, 0.717) is 0 Å². The fourth-order valence-corrected chi connectivity index (χ4v) is 4.17. The Morgan fingerprint density at radius 1 is 1.00 bits per heavy atom. The predicted molar refractivity (Wildman–Crippen MR) is 112 cm³/mol. The number of amides is 1. The van der Waals surface area contributed by atoms with Gasteiger partial charge in [0.2, 0.25) is 0 Å². The number of piperidine rings is 1. The number of fused-ring (bicyclic) bond motifs is 1. The van der Waals surface area contributed by atoms with Gasteiger partial charge in [-0.25, -0.2) is 0 Å². The monoisotopic (exact) mass is 378 g/mol. The number of benzene rings is 2. The van der Waals surface area contributed by atoms with Gasteiger partial charge in [0.25, 0.3) is 5.91 Å². The van der Waals surface area contributed by atoms with Crippen LogP contribution in [0.2, 0.25) is 0 Å². The molecule has 148 valence electrons. The molecular formula is C24H30N2O2. The number of nitrogens with zero attached hydrogens (tertiary/aromatic N) is 1. The van der Waals surface area contributed by atoms with E-state index in [-0.39, 0.29) is 11.5 Å². The number of hydrogen-bond acceptors (Lipinski definition) is 3. The van der Waals surface area contributed by atoms with E-state index in [9.17, 15) is 4.79 Å². The fourth-order valence-electron chi connectivity index (χ4n) is 4.17. The summed E-state index contributed by atoms with van der Waals surface area (Å²) in [6, 6.07) is 14.5. The molecule has 0 bridgehead atoms. The lowest BCUT2D eigenvalue weighted by atomic mass is 10.0. The van der Waals surface area contributed by atoms with Gasteiger partial charge in [0, 0.05) is 38.2 Å². The van der Waals surface area contributed by atoms with Crippen LogP contribution in [0.15, 0.2) is 42.5 Å². The third kappa shape index (κ3) is 4.39. The van der Waals surface area contributed by atoms with Crippen molar-refractivity contribution < 1.29 is 9.53 Å². The van der Waals surface area contributed by atoms with Crippen molar-refractivity contribution in [1.82, 2.24) is 10.2 Å². The van der Waals surface area contributed by atoms with Gasteiger partial charge < -0.3 is 15.0 Å². The molecule has 0 atom stereocenters. The van der Waals surface area contributed by atoms with Crippen LogP contribution in [-0.2, 0) is 19.5 Å². The number of carbonyl (C=O) groups excluding carboxylic acids is 1. The summed E-state index contributed by atoms with van der Waals surface area (Å²) < 4.78 is 5.95. The van der Waals surface area contributed by atoms with Crippen molar-refractivity contribution >= 4 is 5.91 Å². The summed E-state index contributed by atoms with van der Waals surface area (Å²) in [4.78, 5) is 14.5. The quantitative estimate of drug-likeness (QED) is 0.843. The zero-order chi connectivity index (χ0) is 19.6. The van der Waals surface area contributed by atoms with Gasteiger partial charge in [-0.2, -0.15) is 0 Å². The molecule has 1 fully saturated rings. The minimum atomic E-state index is -0.0955. The summed E-state index contributed by atoms with van der Waals surface area (Å²) in [7, 11) is 0. The number of ether oxygens (including phenoxy) is 1. The second-order valence-corrected chi connectivity index (χ2v) is 8.63. The zero-order valence-corrected chi connectivity index (χ0v) is 17.0. The Kier molecular flexibility index (Phi) is 5.40. The molecule has 4 heteroatoms. The van der Waals surface area contributed by atoms with Crippen LogP contribution in [0.1, 0.15) is 60.2 Å².